The fourth-order valence-corrected chi connectivity index (χ4v) is 6.53. The van der Waals surface area contributed by atoms with E-state index >= 15 is 0 Å². The fraction of sp³-hybridized carbons (Fsp3) is 0.235. The van der Waals surface area contributed by atoms with E-state index in [-0.39, 0.29) is 35.4 Å². The van der Waals surface area contributed by atoms with Crippen molar-refractivity contribution in [2.45, 2.75) is 43.4 Å². The van der Waals surface area contributed by atoms with Crippen LogP contribution >= 0.6 is 0 Å². The predicted octanol–water partition coefficient (Wildman–Crippen LogP) is 6.04. The molecule has 1 saturated carbocycles. The minimum Gasteiger partial charge on any atom is -0.352 e. The van der Waals surface area contributed by atoms with Gasteiger partial charge in [0.2, 0.25) is 21.8 Å². The Balaban J connectivity index is 1.16. The molecule has 0 unspecified atom stereocenters. The summed E-state index contributed by atoms with van der Waals surface area (Å²) >= 11 is 0. The minimum atomic E-state index is -4.47. The van der Waals surface area contributed by atoms with Crippen LogP contribution in [-0.4, -0.2) is 20.2 Å². The molecule has 4 aromatic carbocycles. The standard InChI is InChI=1S/C34H32F3N3O4S/c35-34(36,37)30-10-3-1-6-26(30)24-16-12-22(13-17-24)20-39-32(41)28-8-5-9-29(28)33(42)40-21-23-14-18-25(19-15-23)27-7-2-4-11-31(27)45(38,43)44/h1-4,6-7,10-19,28-29H,5,8-9,20-21H2,(H,39,41)(H,40,42)(H2,38,43,44)/t28-,29-/m0/s1. The summed E-state index contributed by atoms with van der Waals surface area (Å²) in [7, 11) is -3.90. The molecule has 1 aliphatic carbocycles. The number of hydrogen-bond donors (Lipinski definition) is 3. The molecule has 2 atom stereocenters. The van der Waals surface area contributed by atoms with E-state index in [9.17, 15) is 31.2 Å². The number of hydrogen-bond acceptors (Lipinski definition) is 4. The number of amides is 2. The Morgan fingerprint density at radius 3 is 1.62 bits per heavy atom. The normalized spacial score (nSPS) is 16.7. The third-order valence-corrected chi connectivity index (χ3v) is 9.05. The first-order valence-corrected chi connectivity index (χ1v) is 16.0. The maximum Gasteiger partial charge on any atom is 0.417 e. The smallest absolute Gasteiger partial charge is 0.352 e. The minimum absolute atomic E-state index is 0.0281. The molecule has 4 N–H and O–H groups in total. The average molecular weight is 636 g/mol. The van der Waals surface area contributed by atoms with E-state index in [1.54, 1.807) is 72.8 Å². The number of benzene rings is 4. The SMILES string of the molecule is NS(=O)(=O)c1ccccc1-c1ccc(CNC(=O)[C@H]2CCC[C@@H]2C(=O)NCc2ccc(-c3ccccc3C(F)(F)F)cc2)cc1. The van der Waals surface area contributed by atoms with E-state index in [0.29, 0.717) is 29.5 Å². The largest absolute Gasteiger partial charge is 0.417 e. The quantitative estimate of drug-likeness (QED) is 0.208. The van der Waals surface area contributed by atoms with E-state index in [4.69, 9.17) is 5.14 Å². The van der Waals surface area contributed by atoms with Gasteiger partial charge in [-0.3, -0.25) is 9.59 Å². The van der Waals surface area contributed by atoms with Crippen LogP contribution in [0.25, 0.3) is 22.3 Å². The molecule has 0 aliphatic heterocycles. The number of nitrogens with one attached hydrogen (secondary N) is 2. The summed E-state index contributed by atoms with van der Waals surface area (Å²) in [4.78, 5) is 26.2. The molecular weight excluding hydrogens is 603 g/mol. The van der Waals surface area contributed by atoms with Crippen LogP contribution in [-0.2, 0) is 38.9 Å². The maximum atomic E-state index is 13.4. The van der Waals surface area contributed by atoms with Crippen molar-refractivity contribution in [2.75, 3.05) is 0 Å². The van der Waals surface area contributed by atoms with Gasteiger partial charge >= 0.3 is 6.18 Å². The van der Waals surface area contributed by atoms with Crippen molar-refractivity contribution in [3.8, 4) is 22.3 Å². The summed E-state index contributed by atoms with van der Waals surface area (Å²) in [6.45, 7) is 0.427. The van der Waals surface area contributed by atoms with Crippen LogP contribution in [0, 0.1) is 11.8 Å². The van der Waals surface area contributed by atoms with Gasteiger partial charge < -0.3 is 10.6 Å². The number of rotatable bonds is 9. The van der Waals surface area contributed by atoms with E-state index in [0.717, 1.165) is 23.6 Å². The topological polar surface area (TPSA) is 118 Å². The van der Waals surface area contributed by atoms with Gasteiger partial charge in [0, 0.05) is 30.5 Å². The van der Waals surface area contributed by atoms with Gasteiger partial charge in [-0.05, 0) is 52.8 Å². The van der Waals surface area contributed by atoms with Crippen molar-refractivity contribution < 1.29 is 31.2 Å². The molecule has 5 rings (SSSR count). The molecule has 0 spiro atoms. The van der Waals surface area contributed by atoms with Crippen molar-refractivity contribution in [1.82, 2.24) is 10.6 Å². The molecule has 11 heteroatoms. The summed E-state index contributed by atoms with van der Waals surface area (Å²) in [5.41, 5.74) is 2.49. The zero-order chi connectivity index (χ0) is 32.2. The molecule has 0 heterocycles. The molecule has 1 fully saturated rings. The van der Waals surface area contributed by atoms with Gasteiger partial charge in [0.25, 0.3) is 0 Å². The van der Waals surface area contributed by atoms with Gasteiger partial charge in [-0.2, -0.15) is 13.2 Å². The average Bonchev–Trinajstić information content (AvgIpc) is 3.53. The van der Waals surface area contributed by atoms with Crippen LogP contribution in [0.15, 0.2) is 102 Å². The zero-order valence-electron chi connectivity index (χ0n) is 24.2. The summed E-state index contributed by atoms with van der Waals surface area (Å²) in [5.74, 6) is -1.42. The van der Waals surface area contributed by atoms with E-state index in [1.165, 1.54) is 18.2 Å². The molecule has 234 valence electrons. The van der Waals surface area contributed by atoms with E-state index in [1.807, 2.05) is 0 Å². The molecule has 1 aliphatic rings. The van der Waals surface area contributed by atoms with Crippen LogP contribution in [0.1, 0.15) is 36.0 Å². The van der Waals surface area contributed by atoms with Gasteiger partial charge in [0.1, 0.15) is 0 Å². The molecular formula is C34H32F3N3O4S. The highest BCUT2D eigenvalue weighted by Crippen LogP contribution is 2.37. The van der Waals surface area contributed by atoms with E-state index < -0.39 is 33.6 Å². The second-order valence-electron chi connectivity index (χ2n) is 11.1. The number of alkyl halides is 3. The van der Waals surface area contributed by atoms with Crippen LogP contribution < -0.4 is 15.8 Å². The highest BCUT2D eigenvalue weighted by molar-refractivity contribution is 7.89. The number of carbonyl (C=O) groups excluding carboxylic acids is 2. The van der Waals surface area contributed by atoms with Crippen LogP contribution in [0.3, 0.4) is 0 Å². The second-order valence-corrected chi connectivity index (χ2v) is 12.6. The number of halogens is 3. The Kier molecular flexibility index (Phi) is 9.40. The first-order chi connectivity index (χ1) is 21.4. The van der Waals surface area contributed by atoms with Crippen LogP contribution in [0.4, 0.5) is 13.2 Å². The molecule has 0 saturated heterocycles. The molecule has 4 aromatic rings. The fourth-order valence-electron chi connectivity index (χ4n) is 5.77. The first kappa shape index (κ1) is 31.9. The van der Waals surface area contributed by atoms with Crippen molar-refractivity contribution >= 4 is 21.8 Å². The Hall–Kier alpha value is -4.48. The van der Waals surface area contributed by atoms with Crippen LogP contribution in [0.2, 0.25) is 0 Å². The number of carbonyl (C=O) groups is 2. The van der Waals surface area contributed by atoms with Crippen molar-refractivity contribution in [3.63, 3.8) is 0 Å². The van der Waals surface area contributed by atoms with Gasteiger partial charge in [0.05, 0.1) is 10.5 Å². The Morgan fingerprint density at radius 1 is 0.689 bits per heavy atom. The van der Waals surface area contributed by atoms with Gasteiger partial charge in [0.15, 0.2) is 0 Å². The lowest BCUT2D eigenvalue weighted by Crippen LogP contribution is -2.39. The summed E-state index contributed by atoms with van der Waals surface area (Å²) in [5, 5.41) is 11.2. The molecule has 2 amide bonds. The Bertz CT molecular complexity index is 1790. The lowest BCUT2D eigenvalue weighted by molar-refractivity contribution is -0.137. The zero-order valence-corrected chi connectivity index (χ0v) is 25.0. The van der Waals surface area contributed by atoms with Crippen LogP contribution in [0.5, 0.6) is 0 Å². The highest BCUT2D eigenvalue weighted by Gasteiger charge is 2.37. The molecule has 45 heavy (non-hydrogen) atoms. The Labute approximate surface area is 259 Å². The van der Waals surface area contributed by atoms with Crippen molar-refractivity contribution in [1.29, 1.82) is 0 Å². The third kappa shape index (κ3) is 7.61. The predicted molar refractivity (Wildman–Crippen MR) is 165 cm³/mol. The number of sulfonamides is 1. The lowest BCUT2D eigenvalue weighted by Gasteiger charge is -2.19. The van der Waals surface area contributed by atoms with Crippen molar-refractivity contribution in [2.24, 2.45) is 17.0 Å². The highest BCUT2D eigenvalue weighted by atomic mass is 32.2. The first-order valence-electron chi connectivity index (χ1n) is 14.4. The van der Waals surface area contributed by atoms with Crippen molar-refractivity contribution in [3.05, 3.63) is 114 Å². The summed E-state index contributed by atoms with van der Waals surface area (Å²) in [6.07, 6.45) is -2.57. The maximum absolute atomic E-state index is 13.4. The molecule has 0 radical (unpaired) electrons. The third-order valence-electron chi connectivity index (χ3n) is 8.08. The number of primary sulfonamides is 1. The second kappa shape index (κ2) is 13.3. The Morgan fingerprint density at radius 2 is 1.13 bits per heavy atom. The summed E-state index contributed by atoms with van der Waals surface area (Å²) < 4.78 is 64.2. The molecule has 0 bridgehead atoms. The molecule has 0 aromatic heterocycles. The monoisotopic (exact) mass is 635 g/mol. The van der Waals surface area contributed by atoms with Gasteiger partial charge in [-0.25, -0.2) is 13.6 Å². The summed E-state index contributed by atoms with van der Waals surface area (Å²) in [6, 6.07) is 25.5. The van der Waals surface area contributed by atoms with E-state index in [2.05, 4.69) is 10.6 Å². The van der Waals surface area contributed by atoms with Gasteiger partial charge in [-0.1, -0.05) is 91.3 Å². The van der Waals surface area contributed by atoms with Gasteiger partial charge in [-0.15, -0.1) is 0 Å². The molecule has 7 nitrogen and oxygen atoms in total. The lowest BCUT2D eigenvalue weighted by atomic mass is 9.94. The number of nitrogens with two attached hydrogens (primary N) is 1.